The minimum atomic E-state index is -0.00830. The number of amides is 1. The minimum absolute atomic E-state index is 0.00530. The Morgan fingerprint density at radius 1 is 1.26 bits per heavy atom. The number of aliphatic hydroxyl groups excluding tert-OH is 1. The number of carbonyl (C=O) groups is 1. The Kier molecular flexibility index (Phi) is 6.53. The predicted octanol–water partition coefficient (Wildman–Crippen LogP) is 1.94. The summed E-state index contributed by atoms with van der Waals surface area (Å²) < 4.78 is 0. The molecule has 1 rings (SSSR count). The number of aryl methyl sites for hydroxylation is 1. The van der Waals surface area contributed by atoms with Crippen LogP contribution < -0.4 is 10.6 Å². The number of para-hydroxylation sites is 1. The molecule has 3 N–H and O–H groups in total. The second-order valence-electron chi connectivity index (χ2n) is 4.91. The summed E-state index contributed by atoms with van der Waals surface area (Å²) in [4.78, 5) is 11.9. The van der Waals surface area contributed by atoms with Crippen LogP contribution in [0.3, 0.4) is 0 Å². The van der Waals surface area contributed by atoms with Crippen LogP contribution in [0.1, 0.15) is 32.8 Å². The molecule has 1 unspecified atom stereocenters. The molecule has 0 spiro atoms. The number of hydrogen-bond acceptors (Lipinski definition) is 3. The Bertz CT molecular complexity index is 407. The van der Waals surface area contributed by atoms with Gasteiger partial charge in [-0.3, -0.25) is 4.79 Å². The molecule has 0 aliphatic heterocycles. The van der Waals surface area contributed by atoms with Crippen molar-refractivity contribution in [3.05, 3.63) is 29.8 Å². The lowest BCUT2D eigenvalue weighted by molar-refractivity contribution is -0.116. The van der Waals surface area contributed by atoms with Crippen LogP contribution in [0.5, 0.6) is 0 Å². The second-order valence-corrected chi connectivity index (χ2v) is 4.91. The molecule has 0 fully saturated rings. The number of carbonyl (C=O) groups excluding carboxylic acids is 1. The van der Waals surface area contributed by atoms with Gasteiger partial charge in [0.15, 0.2) is 0 Å². The molecule has 0 heterocycles. The Hall–Kier alpha value is -1.39. The van der Waals surface area contributed by atoms with E-state index in [0.717, 1.165) is 17.7 Å². The van der Waals surface area contributed by atoms with Gasteiger partial charge in [-0.25, -0.2) is 0 Å². The molecule has 4 heteroatoms. The molecule has 0 aliphatic carbocycles. The lowest BCUT2D eigenvalue weighted by Crippen LogP contribution is -2.38. The summed E-state index contributed by atoms with van der Waals surface area (Å²) in [5.74, 6) is -0.00830. The van der Waals surface area contributed by atoms with E-state index >= 15 is 0 Å². The fourth-order valence-electron chi connectivity index (χ4n) is 2.03. The average molecular weight is 264 g/mol. The summed E-state index contributed by atoms with van der Waals surface area (Å²) in [5.41, 5.74) is 2.03. The van der Waals surface area contributed by atoms with E-state index in [0.29, 0.717) is 6.42 Å². The van der Waals surface area contributed by atoms with Crippen molar-refractivity contribution in [2.24, 2.45) is 0 Å². The topological polar surface area (TPSA) is 61.4 Å². The maximum absolute atomic E-state index is 11.9. The van der Waals surface area contributed by atoms with Crippen molar-refractivity contribution in [2.75, 3.05) is 11.9 Å². The molecular weight excluding hydrogens is 240 g/mol. The number of rotatable bonds is 7. The van der Waals surface area contributed by atoms with Crippen molar-refractivity contribution >= 4 is 11.6 Å². The Morgan fingerprint density at radius 2 is 1.95 bits per heavy atom. The van der Waals surface area contributed by atoms with Gasteiger partial charge in [-0.15, -0.1) is 0 Å². The van der Waals surface area contributed by atoms with Gasteiger partial charge in [-0.05, 0) is 31.9 Å². The monoisotopic (exact) mass is 264 g/mol. The third-order valence-corrected chi connectivity index (χ3v) is 3.01. The minimum Gasteiger partial charge on any atom is -0.395 e. The molecule has 0 saturated heterocycles. The summed E-state index contributed by atoms with van der Waals surface area (Å²) in [6.07, 6.45) is 1.29. The fourth-order valence-corrected chi connectivity index (χ4v) is 2.03. The third kappa shape index (κ3) is 5.41. The molecule has 0 aliphatic rings. The second kappa shape index (κ2) is 7.92. The zero-order valence-electron chi connectivity index (χ0n) is 11.9. The quantitative estimate of drug-likeness (QED) is 0.705. The lowest BCUT2D eigenvalue weighted by Gasteiger charge is -2.18. The van der Waals surface area contributed by atoms with Gasteiger partial charge in [0.2, 0.25) is 5.91 Å². The predicted molar refractivity (Wildman–Crippen MR) is 78.2 cm³/mol. The Balaban J connectivity index is 2.51. The van der Waals surface area contributed by atoms with Gasteiger partial charge >= 0.3 is 0 Å². The molecule has 19 heavy (non-hydrogen) atoms. The smallest absolute Gasteiger partial charge is 0.225 e. The van der Waals surface area contributed by atoms with Gasteiger partial charge in [0.1, 0.15) is 0 Å². The highest BCUT2D eigenvalue weighted by Crippen LogP contribution is 2.15. The normalized spacial score (nSPS) is 13.9. The van der Waals surface area contributed by atoms with Crippen molar-refractivity contribution < 1.29 is 9.90 Å². The first-order chi connectivity index (χ1) is 9.06. The molecule has 1 aromatic carbocycles. The zero-order chi connectivity index (χ0) is 14.3. The van der Waals surface area contributed by atoms with Crippen LogP contribution in [0.2, 0.25) is 0 Å². The van der Waals surface area contributed by atoms with Gasteiger partial charge in [-0.2, -0.15) is 0 Å². The van der Waals surface area contributed by atoms with E-state index in [1.807, 2.05) is 38.1 Å². The largest absolute Gasteiger partial charge is 0.395 e. The van der Waals surface area contributed by atoms with Crippen molar-refractivity contribution in [1.29, 1.82) is 0 Å². The summed E-state index contributed by atoms with van der Waals surface area (Å²) in [7, 11) is 0. The Morgan fingerprint density at radius 3 is 2.58 bits per heavy atom. The van der Waals surface area contributed by atoms with E-state index in [-0.39, 0.29) is 24.6 Å². The highest BCUT2D eigenvalue weighted by Gasteiger charge is 2.12. The standard InChI is InChI=1S/C15H24N2O2/c1-4-13-7-5-6-8-14(13)17-15(19)9-11(2)16-12(3)10-18/h5-8,11-12,16,18H,4,9-10H2,1-3H3,(H,17,19)/t11?,12-/m1/s1. The molecule has 2 atom stereocenters. The summed E-state index contributed by atoms with van der Waals surface area (Å²) in [5, 5.41) is 15.1. The SMILES string of the molecule is CCc1ccccc1NC(=O)CC(C)N[C@H](C)CO. The molecular formula is C15H24N2O2. The van der Waals surface area contributed by atoms with Gasteiger partial charge in [0, 0.05) is 24.2 Å². The van der Waals surface area contributed by atoms with E-state index in [1.54, 1.807) is 0 Å². The van der Waals surface area contributed by atoms with Gasteiger partial charge in [0.25, 0.3) is 0 Å². The summed E-state index contributed by atoms with van der Waals surface area (Å²) >= 11 is 0. The molecule has 0 saturated carbocycles. The van der Waals surface area contributed by atoms with Crippen molar-refractivity contribution in [3.63, 3.8) is 0 Å². The van der Waals surface area contributed by atoms with Crippen LogP contribution in [0.4, 0.5) is 5.69 Å². The molecule has 0 aromatic heterocycles. The number of nitrogens with one attached hydrogen (secondary N) is 2. The van der Waals surface area contributed by atoms with E-state index < -0.39 is 0 Å². The van der Waals surface area contributed by atoms with E-state index in [9.17, 15) is 4.79 Å². The van der Waals surface area contributed by atoms with E-state index in [4.69, 9.17) is 5.11 Å². The molecule has 1 aromatic rings. The van der Waals surface area contributed by atoms with Crippen LogP contribution >= 0.6 is 0 Å². The number of benzene rings is 1. The lowest BCUT2D eigenvalue weighted by atomic mass is 10.1. The molecule has 0 radical (unpaired) electrons. The summed E-state index contributed by atoms with van der Waals surface area (Å²) in [6, 6.07) is 7.88. The molecule has 1 amide bonds. The maximum Gasteiger partial charge on any atom is 0.225 e. The van der Waals surface area contributed by atoms with Crippen LogP contribution in [0.25, 0.3) is 0 Å². The van der Waals surface area contributed by atoms with Gasteiger partial charge < -0.3 is 15.7 Å². The fraction of sp³-hybridized carbons (Fsp3) is 0.533. The van der Waals surface area contributed by atoms with Crippen molar-refractivity contribution in [1.82, 2.24) is 5.32 Å². The van der Waals surface area contributed by atoms with E-state index in [1.165, 1.54) is 0 Å². The van der Waals surface area contributed by atoms with Crippen LogP contribution in [0.15, 0.2) is 24.3 Å². The molecule has 4 nitrogen and oxygen atoms in total. The van der Waals surface area contributed by atoms with Crippen LogP contribution in [-0.2, 0) is 11.2 Å². The number of anilines is 1. The zero-order valence-corrected chi connectivity index (χ0v) is 11.9. The van der Waals surface area contributed by atoms with Crippen LogP contribution in [-0.4, -0.2) is 29.7 Å². The Labute approximate surface area is 115 Å². The van der Waals surface area contributed by atoms with Crippen molar-refractivity contribution in [2.45, 2.75) is 45.7 Å². The maximum atomic E-state index is 11.9. The first-order valence-electron chi connectivity index (χ1n) is 6.81. The van der Waals surface area contributed by atoms with Crippen LogP contribution in [0, 0.1) is 0 Å². The van der Waals surface area contributed by atoms with Gasteiger partial charge in [0.05, 0.1) is 6.61 Å². The van der Waals surface area contributed by atoms with E-state index in [2.05, 4.69) is 17.6 Å². The third-order valence-electron chi connectivity index (χ3n) is 3.01. The molecule has 0 bridgehead atoms. The first-order valence-corrected chi connectivity index (χ1v) is 6.81. The summed E-state index contributed by atoms with van der Waals surface area (Å²) in [6.45, 7) is 5.97. The van der Waals surface area contributed by atoms with Gasteiger partial charge in [-0.1, -0.05) is 25.1 Å². The number of hydrogen-bond donors (Lipinski definition) is 3. The highest BCUT2D eigenvalue weighted by atomic mass is 16.3. The first kappa shape index (κ1) is 15.7. The molecule has 106 valence electrons. The van der Waals surface area contributed by atoms with Crippen molar-refractivity contribution in [3.8, 4) is 0 Å². The number of aliphatic hydroxyl groups is 1. The highest BCUT2D eigenvalue weighted by molar-refractivity contribution is 5.91. The average Bonchev–Trinajstić information content (AvgIpc) is 2.38.